The Hall–Kier alpha value is 0.390. The molecule has 0 N–H and O–H groups in total. The van der Waals surface area contributed by atoms with Gasteiger partial charge >= 0.3 is 5.97 Å². The van der Waals surface area contributed by atoms with Crippen LogP contribution < -0.4 is 17.0 Å². The van der Waals surface area contributed by atoms with Gasteiger partial charge in [-0.05, 0) is 47.5 Å². The van der Waals surface area contributed by atoms with E-state index >= 15 is 0 Å². The summed E-state index contributed by atoms with van der Waals surface area (Å²) in [5.74, 6) is -0.153. The van der Waals surface area contributed by atoms with Crippen molar-refractivity contribution in [2.75, 3.05) is 26.2 Å². The molecule has 0 aromatic carbocycles. The van der Waals surface area contributed by atoms with Crippen LogP contribution in [0.1, 0.15) is 60.8 Å². The van der Waals surface area contributed by atoms with E-state index in [4.69, 9.17) is 4.74 Å². The predicted molar refractivity (Wildman–Crippen MR) is 89.2 cm³/mol. The molecule has 128 valence electrons. The van der Waals surface area contributed by atoms with Gasteiger partial charge in [0.1, 0.15) is 10.9 Å². The fourth-order valence-electron chi connectivity index (χ4n) is 2.40. The molecule has 5 heteroatoms. The first-order chi connectivity index (χ1) is 9.24. The number of carbonyl (C=O) groups excluding carboxylic acids is 1. The maximum absolute atomic E-state index is 12.1. The van der Waals surface area contributed by atoms with E-state index in [2.05, 4.69) is 43.6 Å². The summed E-state index contributed by atoms with van der Waals surface area (Å²) in [5, 5.41) is 0. The lowest BCUT2D eigenvalue weighted by molar-refractivity contribution is -0.925. The molecule has 0 spiro atoms. The molecule has 0 rings (SSSR count). The molecule has 0 aliphatic heterocycles. The number of hydrogen-bond donors (Lipinski definition) is 0. The van der Waals surface area contributed by atoms with Crippen molar-refractivity contribution in [2.45, 2.75) is 71.2 Å². The maximum atomic E-state index is 12.1. The number of quaternary nitrogens is 1. The van der Waals surface area contributed by atoms with Crippen LogP contribution in [-0.4, -0.2) is 47.1 Å². The molecular formula is C16H33Br2NO2. The normalized spacial score (nSPS) is 13.5. The SMILES string of the molecule is CCCCC(C[N+](CC)(CC)CC)OC(=O)C(C)(C)Br.[Br-]. The largest absolute Gasteiger partial charge is 1.00 e. The molecular weight excluding hydrogens is 398 g/mol. The van der Waals surface area contributed by atoms with Crippen LogP contribution in [0, 0.1) is 0 Å². The van der Waals surface area contributed by atoms with Crippen LogP contribution in [0.3, 0.4) is 0 Å². The van der Waals surface area contributed by atoms with Gasteiger partial charge in [0.15, 0.2) is 6.10 Å². The van der Waals surface area contributed by atoms with Crippen molar-refractivity contribution in [3.63, 3.8) is 0 Å². The molecule has 0 radical (unpaired) electrons. The second-order valence-corrected chi connectivity index (χ2v) is 8.10. The van der Waals surface area contributed by atoms with Crippen LogP contribution in [0.25, 0.3) is 0 Å². The Morgan fingerprint density at radius 3 is 1.95 bits per heavy atom. The van der Waals surface area contributed by atoms with Gasteiger partial charge in [-0.1, -0.05) is 29.3 Å². The van der Waals surface area contributed by atoms with E-state index in [1.807, 2.05) is 13.8 Å². The molecule has 0 saturated carbocycles. The van der Waals surface area contributed by atoms with Crippen LogP contribution in [0.5, 0.6) is 0 Å². The molecule has 21 heavy (non-hydrogen) atoms. The molecule has 0 aromatic heterocycles. The van der Waals surface area contributed by atoms with Gasteiger partial charge in [-0.2, -0.15) is 0 Å². The molecule has 0 aliphatic rings. The van der Waals surface area contributed by atoms with Gasteiger partial charge in [0.25, 0.3) is 0 Å². The van der Waals surface area contributed by atoms with Gasteiger partial charge in [-0.25, -0.2) is 0 Å². The Kier molecular flexibility index (Phi) is 12.4. The van der Waals surface area contributed by atoms with Gasteiger partial charge in [0.05, 0.1) is 19.6 Å². The molecule has 0 saturated heterocycles. The first-order valence-electron chi connectivity index (χ1n) is 7.99. The van der Waals surface area contributed by atoms with Gasteiger partial charge < -0.3 is 26.2 Å². The summed E-state index contributed by atoms with van der Waals surface area (Å²) in [6, 6.07) is 0. The Labute approximate surface area is 150 Å². The Balaban J connectivity index is 0. The zero-order valence-corrected chi connectivity index (χ0v) is 17.7. The molecule has 1 atom stereocenters. The number of halogens is 2. The third-order valence-corrected chi connectivity index (χ3v) is 4.57. The summed E-state index contributed by atoms with van der Waals surface area (Å²) >= 11 is 3.39. The summed E-state index contributed by atoms with van der Waals surface area (Å²) in [6.07, 6.45) is 3.23. The zero-order chi connectivity index (χ0) is 15.8. The van der Waals surface area contributed by atoms with Crippen LogP contribution in [0.15, 0.2) is 0 Å². The summed E-state index contributed by atoms with van der Waals surface area (Å²) in [6.45, 7) is 16.7. The lowest BCUT2D eigenvalue weighted by Gasteiger charge is -2.38. The smallest absolute Gasteiger partial charge is 0.322 e. The van der Waals surface area contributed by atoms with Crippen molar-refractivity contribution >= 4 is 21.9 Å². The average molecular weight is 431 g/mol. The topological polar surface area (TPSA) is 26.3 Å². The lowest BCUT2D eigenvalue weighted by atomic mass is 10.1. The Bertz CT molecular complexity index is 278. The van der Waals surface area contributed by atoms with Gasteiger partial charge in [-0.3, -0.25) is 4.79 Å². The zero-order valence-electron chi connectivity index (χ0n) is 14.5. The van der Waals surface area contributed by atoms with Crippen LogP contribution in [0.4, 0.5) is 0 Å². The highest BCUT2D eigenvalue weighted by molar-refractivity contribution is 9.10. The molecule has 0 heterocycles. The van der Waals surface area contributed by atoms with Gasteiger partial charge in [-0.15, -0.1) is 0 Å². The molecule has 1 unspecified atom stereocenters. The van der Waals surface area contributed by atoms with E-state index in [9.17, 15) is 4.79 Å². The highest BCUT2D eigenvalue weighted by atomic mass is 79.9. The number of carbonyl (C=O) groups is 1. The predicted octanol–water partition coefficient (Wildman–Crippen LogP) is 1.14. The number of esters is 1. The van der Waals surface area contributed by atoms with Crippen molar-refractivity contribution in [2.24, 2.45) is 0 Å². The van der Waals surface area contributed by atoms with Crippen molar-refractivity contribution in [1.29, 1.82) is 0 Å². The Morgan fingerprint density at radius 1 is 1.14 bits per heavy atom. The van der Waals surface area contributed by atoms with E-state index in [0.717, 1.165) is 49.9 Å². The maximum Gasteiger partial charge on any atom is 0.322 e. The second-order valence-electron chi connectivity index (χ2n) is 6.11. The first-order valence-corrected chi connectivity index (χ1v) is 8.79. The number of rotatable bonds is 10. The van der Waals surface area contributed by atoms with Gasteiger partial charge in [0, 0.05) is 0 Å². The number of unbranched alkanes of at least 4 members (excludes halogenated alkanes) is 1. The number of likely N-dealkylation sites (N-methyl/N-ethyl adjacent to an activating group) is 1. The minimum absolute atomic E-state index is 0. The van der Waals surface area contributed by atoms with E-state index in [1.165, 1.54) is 0 Å². The van der Waals surface area contributed by atoms with Crippen molar-refractivity contribution in [3.05, 3.63) is 0 Å². The quantitative estimate of drug-likeness (QED) is 0.295. The monoisotopic (exact) mass is 429 g/mol. The van der Waals surface area contributed by atoms with Crippen LogP contribution >= 0.6 is 15.9 Å². The van der Waals surface area contributed by atoms with Crippen molar-refractivity contribution < 1.29 is 31.0 Å². The minimum atomic E-state index is -0.599. The van der Waals surface area contributed by atoms with Crippen LogP contribution in [0.2, 0.25) is 0 Å². The van der Waals surface area contributed by atoms with E-state index in [-0.39, 0.29) is 29.1 Å². The van der Waals surface area contributed by atoms with Crippen molar-refractivity contribution in [3.8, 4) is 0 Å². The van der Waals surface area contributed by atoms with E-state index < -0.39 is 4.32 Å². The lowest BCUT2D eigenvalue weighted by Crippen LogP contribution is -3.00. The number of hydrogen-bond acceptors (Lipinski definition) is 2. The molecule has 0 aromatic rings. The highest BCUT2D eigenvalue weighted by Gasteiger charge is 2.32. The molecule has 3 nitrogen and oxygen atoms in total. The molecule has 0 aliphatic carbocycles. The third-order valence-electron chi connectivity index (χ3n) is 4.24. The number of ether oxygens (including phenoxy) is 1. The molecule has 0 amide bonds. The van der Waals surface area contributed by atoms with Crippen molar-refractivity contribution in [1.82, 2.24) is 0 Å². The number of alkyl halides is 1. The molecule has 0 fully saturated rings. The Morgan fingerprint density at radius 2 is 1.62 bits per heavy atom. The van der Waals surface area contributed by atoms with Crippen LogP contribution in [-0.2, 0) is 9.53 Å². The second kappa shape index (κ2) is 11.0. The summed E-state index contributed by atoms with van der Waals surface area (Å²) < 4.78 is 6.20. The average Bonchev–Trinajstić information content (AvgIpc) is 2.41. The minimum Gasteiger partial charge on any atom is -1.00 e. The number of nitrogens with zero attached hydrogens (tertiary/aromatic N) is 1. The summed E-state index contributed by atoms with van der Waals surface area (Å²) in [5.41, 5.74) is 0. The fraction of sp³-hybridized carbons (Fsp3) is 0.938. The third kappa shape index (κ3) is 8.56. The summed E-state index contributed by atoms with van der Waals surface area (Å²) in [4.78, 5) is 12.1. The van der Waals surface area contributed by atoms with E-state index in [1.54, 1.807) is 0 Å². The fourth-order valence-corrected chi connectivity index (χ4v) is 2.49. The summed E-state index contributed by atoms with van der Waals surface area (Å²) in [7, 11) is 0. The highest BCUT2D eigenvalue weighted by Crippen LogP contribution is 2.21. The first kappa shape index (κ1) is 23.7. The standard InChI is InChI=1S/C16H33BrNO2.BrH/c1-7-11-12-14(20-15(19)16(5,6)17)13-18(8-2,9-3)10-4;/h14H,7-13H2,1-6H3;1H/q+1;/p-1. The molecule has 0 bridgehead atoms. The van der Waals surface area contributed by atoms with Gasteiger partial charge in [0.2, 0.25) is 0 Å². The van der Waals surface area contributed by atoms with E-state index in [0.29, 0.717) is 0 Å².